The molecule has 0 spiro atoms. The number of amides is 3. The molecule has 3 amide bonds. The predicted octanol–water partition coefficient (Wildman–Crippen LogP) is 5.47. The number of nitrogens with one attached hydrogen (secondary N) is 1. The van der Waals surface area contributed by atoms with Gasteiger partial charge in [-0.2, -0.15) is 0 Å². The lowest BCUT2D eigenvalue weighted by atomic mass is 10.1. The number of thioether (sulfide) groups is 1. The van der Waals surface area contributed by atoms with Gasteiger partial charge in [0, 0.05) is 17.8 Å². The highest BCUT2D eigenvalue weighted by Gasteiger charge is 2.35. The summed E-state index contributed by atoms with van der Waals surface area (Å²) in [5.74, 6) is -0.0901. The highest BCUT2D eigenvalue weighted by molar-refractivity contribution is 8.18. The minimum atomic E-state index is -0.516. The highest BCUT2D eigenvalue weighted by atomic mass is 32.2. The number of rotatable bonds is 9. The van der Waals surface area contributed by atoms with Crippen LogP contribution in [-0.2, 0) is 16.1 Å². The lowest BCUT2D eigenvalue weighted by Gasteiger charge is -2.13. The third-order valence-corrected chi connectivity index (χ3v) is 6.78. The molecule has 1 N–H and O–H groups in total. The third kappa shape index (κ3) is 6.63. The average molecular weight is 548 g/mol. The summed E-state index contributed by atoms with van der Waals surface area (Å²) >= 11 is 0.804. The standard InChI is InChI=1S/C28H25N3O7S/c1-17-4-5-18(2)22(12-17)29-26(32)16-38-23-11-8-20(13-24(23)37-3)14-25-27(33)30(28(34)39-25)15-19-6-9-21(10-7-19)31(35)36/h4-14H,15-16H2,1-3H3,(H,29,32)/b25-14-. The quantitative estimate of drug-likeness (QED) is 0.212. The number of nitro benzene ring substituents is 1. The number of hydrogen-bond donors (Lipinski definition) is 1. The fourth-order valence-corrected chi connectivity index (χ4v) is 4.62. The number of benzene rings is 3. The number of anilines is 1. The molecule has 1 aliphatic heterocycles. The van der Waals surface area contributed by atoms with E-state index in [-0.39, 0.29) is 29.7 Å². The van der Waals surface area contributed by atoms with Crippen molar-refractivity contribution in [3.8, 4) is 11.5 Å². The number of carbonyl (C=O) groups excluding carboxylic acids is 3. The van der Waals surface area contributed by atoms with Gasteiger partial charge in [0.1, 0.15) is 0 Å². The van der Waals surface area contributed by atoms with Gasteiger partial charge in [-0.1, -0.05) is 30.3 Å². The van der Waals surface area contributed by atoms with Crippen LogP contribution in [0.25, 0.3) is 6.08 Å². The Morgan fingerprint density at radius 2 is 1.79 bits per heavy atom. The fourth-order valence-electron chi connectivity index (χ4n) is 3.79. The summed E-state index contributed by atoms with van der Waals surface area (Å²) in [4.78, 5) is 49.5. The number of methoxy groups -OCH3 is 1. The van der Waals surface area contributed by atoms with Crippen LogP contribution < -0.4 is 14.8 Å². The maximum atomic E-state index is 12.9. The van der Waals surface area contributed by atoms with Crippen LogP contribution in [0.4, 0.5) is 16.2 Å². The molecule has 0 aromatic heterocycles. The number of hydrogen-bond acceptors (Lipinski definition) is 8. The molecule has 1 aliphatic rings. The second-order valence-electron chi connectivity index (χ2n) is 8.76. The zero-order chi connectivity index (χ0) is 28.1. The van der Waals surface area contributed by atoms with Gasteiger partial charge in [-0.3, -0.25) is 29.4 Å². The van der Waals surface area contributed by atoms with E-state index < -0.39 is 16.1 Å². The summed E-state index contributed by atoms with van der Waals surface area (Å²) in [5.41, 5.74) is 3.80. The minimum Gasteiger partial charge on any atom is -0.493 e. The molecule has 1 fully saturated rings. The van der Waals surface area contributed by atoms with Gasteiger partial charge >= 0.3 is 0 Å². The van der Waals surface area contributed by atoms with E-state index in [0.29, 0.717) is 28.3 Å². The van der Waals surface area contributed by atoms with Crippen molar-refractivity contribution in [2.75, 3.05) is 19.0 Å². The van der Waals surface area contributed by atoms with Crippen LogP contribution in [0.3, 0.4) is 0 Å². The number of aryl methyl sites for hydroxylation is 2. The maximum absolute atomic E-state index is 12.9. The van der Waals surface area contributed by atoms with Gasteiger partial charge in [-0.25, -0.2) is 0 Å². The van der Waals surface area contributed by atoms with Gasteiger partial charge in [0.2, 0.25) is 0 Å². The smallest absolute Gasteiger partial charge is 0.293 e. The van der Waals surface area contributed by atoms with Gasteiger partial charge in [-0.15, -0.1) is 0 Å². The molecule has 1 saturated heterocycles. The first-order chi connectivity index (χ1) is 18.6. The molecular formula is C28H25N3O7S. The molecule has 4 rings (SSSR count). The van der Waals surface area contributed by atoms with E-state index in [1.54, 1.807) is 24.3 Å². The van der Waals surface area contributed by atoms with Crippen molar-refractivity contribution >= 4 is 46.3 Å². The van der Waals surface area contributed by atoms with Crippen LogP contribution in [0.15, 0.2) is 65.6 Å². The number of non-ortho nitro benzene ring substituents is 1. The largest absolute Gasteiger partial charge is 0.493 e. The Hall–Kier alpha value is -4.64. The van der Waals surface area contributed by atoms with E-state index in [2.05, 4.69) is 5.32 Å². The number of carbonyl (C=O) groups is 3. The van der Waals surface area contributed by atoms with Crippen molar-refractivity contribution in [2.24, 2.45) is 0 Å². The average Bonchev–Trinajstić information content (AvgIpc) is 3.17. The first-order valence-corrected chi connectivity index (χ1v) is 12.6. The summed E-state index contributed by atoms with van der Waals surface area (Å²) in [6.07, 6.45) is 1.57. The van der Waals surface area contributed by atoms with Crippen molar-refractivity contribution < 1.29 is 28.8 Å². The third-order valence-electron chi connectivity index (χ3n) is 5.87. The Morgan fingerprint density at radius 1 is 1.05 bits per heavy atom. The maximum Gasteiger partial charge on any atom is 0.293 e. The molecule has 0 aliphatic carbocycles. The number of nitrogens with zero attached hydrogens (tertiary/aromatic N) is 2. The SMILES string of the molecule is COc1cc(/C=C2\SC(=O)N(Cc3ccc([N+](=O)[O-])cc3)C2=O)ccc1OCC(=O)Nc1cc(C)ccc1C. The molecule has 0 unspecified atom stereocenters. The molecule has 3 aromatic rings. The van der Waals surface area contributed by atoms with Crippen molar-refractivity contribution in [1.82, 2.24) is 4.90 Å². The van der Waals surface area contributed by atoms with E-state index in [0.717, 1.165) is 27.8 Å². The number of ether oxygens (including phenoxy) is 2. The molecular weight excluding hydrogens is 522 g/mol. The first kappa shape index (κ1) is 27.4. The van der Waals surface area contributed by atoms with E-state index in [4.69, 9.17) is 9.47 Å². The lowest BCUT2D eigenvalue weighted by Crippen LogP contribution is -2.27. The molecule has 0 atom stereocenters. The minimum absolute atomic E-state index is 0.000237. The summed E-state index contributed by atoms with van der Waals surface area (Å²) in [6, 6.07) is 16.4. The van der Waals surface area contributed by atoms with Crippen molar-refractivity contribution in [2.45, 2.75) is 20.4 Å². The molecule has 200 valence electrons. The van der Waals surface area contributed by atoms with Gasteiger partial charge in [0.25, 0.3) is 22.7 Å². The Bertz CT molecular complexity index is 1480. The zero-order valence-electron chi connectivity index (χ0n) is 21.4. The van der Waals surface area contributed by atoms with Crippen LogP contribution >= 0.6 is 11.8 Å². The Morgan fingerprint density at radius 3 is 2.49 bits per heavy atom. The van der Waals surface area contributed by atoms with Crippen LogP contribution in [0.5, 0.6) is 11.5 Å². The highest BCUT2D eigenvalue weighted by Crippen LogP contribution is 2.35. The van der Waals surface area contributed by atoms with Gasteiger partial charge in [0.15, 0.2) is 18.1 Å². The summed E-state index contributed by atoms with van der Waals surface area (Å²) in [6.45, 7) is 3.62. The normalized spacial score (nSPS) is 14.0. The molecule has 0 radical (unpaired) electrons. The van der Waals surface area contributed by atoms with Crippen LogP contribution in [0.1, 0.15) is 22.3 Å². The van der Waals surface area contributed by atoms with Crippen LogP contribution in [0, 0.1) is 24.0 Å². The first-order valence-electron chi connectivity index (χ1n) is 11.8. The Balaban J connectivity index is 1.41. The lowest BCUT2D eigenvalue weighted by molar-refractivity contribution is -0.384. The van der Waals surface area contributed by atoms with Crippen LogP contribution in [0.2, 0.25) is 0 Å². The van der Waals surface area contributed by atoms with Crippen molar-refractivity contribution in [3.05, 3.63) is 97.9 Å². The van der Waals surface area contributed by atoms with Gasteiger partial charge in [-0.05, 0) is 72.1 Å². The molecule has 3 aromatic carbocycles. The predicted molar refractivity (Wildman–Crippen MR) is 148 cm³/mol. The zero-order valence-corrected chi connectivity index (χ0v) is 22.2. The number of imide groups is 1. The second-order valence-corrected chi connectivity index (χ2v) is 9.75. The summed E-state index contributed by atoms with van der Waals surface area (Å²) < 4.78 is 11.1. The van der Waals surface area contributed by atoms with E-state index in [1.807, 2.05) is 32.0 Å². The molecule has 11 heteroatoms. The Kier molecular flexibility index (Phi) is 8.30. The van der Waals surface area contributed by atoms with Crippen molar-refractivity contribution in [3.63, 3.8) is 0 Å². The topological polar surface area (TPSA) is 128 Å². The van der Waals surface area contributed by atoms with E-state index in [1.165, 1.54) is 31.4 Å². The van der Waals surface area contributed by atoms with E-state index in [9.17, 15) is 24.5 Å². The van der Waals surface area contributed by atoms with Gasteiger partial charge < -0.3 is 14.8 Å². The monoisotopic (exact) mass is 547 g/mol. The van der Waals surface area contributed by atoms with Gasteiger partial charge in [0.05, 0.1) is 23.5 Å². The van der Waals surface area contributed by atoms with Crippen molar-refractivity contribution in [1.29, 1.82) is 0 Å². The molecule has 1 heterocycles. The van der Waals surface area contributed by atoms with E-state index >= 15 is 0 Å². The number of nitro groups is 1. The molecule has 0 bridgehead atoms. The second kappa shape index (κ2) is 11.8. The summed E-state index contributed by atoms with van der Waals surface area (Å²) in [5, 5.41) is 13.2. The molecule has 10 nitrogen and oxygen atoms in total. The summed E-state index contributed by atoms with van der Waals surface area (Å²) in [7, 11) is 1.46. The molecule has 39 heavy (non-hydrogen) atoms. The fraction of sp³-hybridized carbons (Fsp3) is 0.179. The van der Waals surface area contributed by atoms with Crippen LogP contribution in [-0.4, -0.2) is 40.6 Å². The molecule has 0 saturated carbocycles. The Labute approximate surface area is 228 Å².